The Bertz CT molecular complexity index is 1080. The molecule has 3 rings (SSSR count). The molecule has 0 heterocycles. The summed E-state index contributed by atoms with van der Waals surface area (Å²) in [6, 6.07) is 23.4. The van der Waals surface area contributed by atoms with Crippen LogP contribution >= 0.6 is 0 Å². The minimum Gasteiger partial charge on any atom is -0.376 e. The number of hydrogen-bond donors (Lipinski definition) is 3. The number of nitrogens with zero attached hydrogens (tertiary/aromatic N) is 1. The average molecular weight is 445 g/mol. The van der Waals surface area contributed by atoms with Crippen LogP contribution in [0.4, 0.5) is 22.7 Å². The average Bonchev–Trinajstić information content (AvgIpc) is 2.84. The highest BCUT2D eigenvalue weighted by molar-refractivity contribution is 6.06. The van der Waals surface area contributed by atoms with Crippen molar-refractivity contribution in [3.8, 4) is 0 Å². The smallest absolute Gasteiger partial charge is 0.258 e. The van der Waals surface area contributed by atoms with E-state index in [2.05, 4.69) is 16.0 Å². The summed E-state index contributed by atoms with van der Waals surface area (Å²) in [5, 5.41) is 8.66. The van der Waals surface area contributed by atoms with Gasteiger partial charge in [-0.05, 0) is 67.1 Å². The van der Waals surface area contributed by atoms with E-state index in [9.17, 15) is 14.4 Å². The molecule has 0 saturated heterocycles. The molecule has 33 heavy (non-hydrogen) atoms. The number of anilines is 4. The third-order valence-corrected chi connectivity index (χ3v) is 4.96. The number of carbonyl (C=O) groups excluding carboxylic acids is 3. The van der Waals surface area contributed by atoms with Crippen LogP contribution in [0.25, 0.3) is 0 Å². The molecule has 3 aromatic carbocycles. The molecule has 0 bridgehead atoms. The van der Waals surface area contributed by atoms with Crippen molar-refractivity contribution in [3.05, 3.63) is 84.4 Å². The summed E-state index contributed by atoms with van der Waals surface area (Å²) in [5.41, 5.74) is 3.44. The highest BCUT2D eigenvalue weighted by atomic mass is 16.2. The fourth-order valence-electron chi connectivity index (χ4n) is 3.17. The van der Waals surface area contributed by atoms with Crippen molar-refractivity contribution >= 4 is 40.5 Å². The zero-order valence-electron chi connectivity index (χ0n) is 18.8. The molecule has 0 aliphatic rings. The molecule has 170 valence electrons. The van der Waals surface area contributed by atoms with E-state index in [1.807, 2.05) is 37.3 Å². The van der Waals surface area contributed by atoms with Gasteiger partial charge < -0.3 is 20.9 Å². The van der Waals surface area contributed by atoms with Gasteiger partial charge in [-0.2, -0.15) is 0 Å². The third-order valence-electron chi connectivity index (χ3n) is 4.96. The van der Waals surface area contributed by atoms with Gasteiger partial charge in [0.1, 0.15) is 0 Å². The van der Waals surface area contributed by atoms with Gasteiger partial charge in [0.05, 0.1) is 6.54 Å². The Labute approximate surface area is 193 Å². The van der Waals surface area contributed by atoms with Crippen LogP contribution in [0.5, 0.6) is 0 Å². The van der Waals surface area contributed by atoms with E-state index >= 15 is 0 Å². The molecule has 0 spiro atoms. The Hall–Kier alpha value is -4.13. The number of hydrogen-bond acceptors (Lipinski definition) is 4. The van der Waals surface area contributed by atoms with Gasteiger partial charge in [-0.25, -0.2) is 0 Å². The van der Waals surface area contributed by atoms with Gasteiger partial charge in [-0.1, -0.05) is 25.1 Å². The van der Waals surface area contributed by atoms with E-state index in [-0.39, 0.29) is 24.3 Å². The zero-order chi connectivity index (χ0) is 23.6. The SMILES string of the molecule is CCCC(=O)Nc1ccc(NC(=O)CNc2ccc(C(=O)N(C)c3ccccc3)cc2)cc1. The van der Waals surface area contributed by atoms with Gasteiger partial charge in [0, 0.05) is 41.8 Å². The van der Waals surface area contributed by atoms with Crippen LogP contribution in [-0.4, -0.2) is 31.3 Å². The molecule has 0 atom stereocenters. The summed E-state index contributed by atoms with van der Waals surface area (Å²) in [6.45, 7) is 2.02. The topological polar surface area (TPSA) is 90.5 Å². The van der Waals surface area contributed by atoms with Crippen LogP contribution in [0.1, 0.15) is 30.1 Å². The first kappa shape index (κ1) is 23.5. The van der Waals surface area contributed by atoms with E-state index in [0.717, 1.165) is 17.8 Å². The van der Waals surface area contributed by atoms with Crippen LogP contribution in [-0.2, 0) is 9.59 Å². The highest BCUT2D eigenvalue weighted by Crippen LogP contribution is 2.17. The largest absolute Gasteiger partial charge is 0.376 e. The molecule has 0 saturated carbocycles. The standard InChI is InChI=1S/C26H28N4O3/c1-3-7-24(31)28-21-14-16-22(17-15-21)29-25(32)18-27-20-12-10-19(11-13-20)26(33)30(2)23-8-5-4-6-9-23/h4-6,8-17,27H,3,7,18H2,1-2H3,(H,28,31)(H,29,32). The van der Waals surface area contributed by atoms with E-state index in [1.54, 1.807) is 60.5 Å². The minimum atomic E-state index is -0.207. The first-order valence-corrected chi connectivity index (χ1v) is 10.8. The van der Waals surface area contributed by atoms with Crippen LogP contribution in [0, 0.1) is 0 Å². The second-order valence-electron chi connectivity index (χ2n) is 7.55. The maximum atomic E-state index is 12.7. The van der Waals surface area contributed by atoms with Gasteiger partial charge in [-0.15, -0.1) is 0 Å². The van der Waals surface area contributed by atoms with E-state index < -0.39 is 0 Å². The van der Waals surface area contributed by atoms with E-state index in [0.29, 0.717) is 23.4 Å². The summed E-state index contributed by atoms with van der Waals surface area (Å²) in [7, 11) is 1.74. The number of para-hydroxylation sites is 1. The highest BCUT2D eigenvalue weighted by Gasteiger charge is 2.13. The quantitative estimate of drug-likeness (QED) is 0.444. The number of rotatable bonds is 9. The third kappa shape index (κ3) is 6.93. The van der Waals surface area contributed by atoms with Crippen molar-refractivity contribution in [3.63, 3.8) is 0 Å². The van der Waals surface area contributed by atoms with Gasteiger partial charge in [-0.3, -0.25) is 14.4 Å². The molecule has 0 aliphatic carbocycles. The van der Waals surface area contributed by atoms with Crippen molar-refractivity contribution in [2.45, 2.75) is 19.8 Å². The molecule has 3 aromatic rings. The number of nitrogens with one attached hydrogen (secondary N) is 3. The maximum absolute atomic E-state index is 12.7. The Morgan fingerprint density at radius 2 is 1.27 bits per heavy atom. The lowest BCUT2D eigenvalue weighted by atomic mass is 10.1. The van der Waals surface area contributed by atoms with Crippen LogP contribution < -0.4 is 20.9 Å². The summed E-state index contributed by atoms with van der Waals surface area (Å²) >= 11 is 0. The molecule has 0 radical (unpaired) electrons. The molecule has 7 nitrogen and oxygen atoms in total. The molecule has 0 unspecified atom stereocenters. The molecule has 3 N–H and O–H groups in total. The van der Waals surface area contributed by atoms with Crippen LogP contribution in [0.15, 0.2) is 78.9 Å². The number of amides is 3. The van der Waals surface area contributed by atoms with Gasteiger partial charge in [0.2, 0.25) is 11.8 Å². The van der Waals surface area contributed by atoms with Crippen molar-refractivity contribution < 1.29 is 14.4 Å². The lowest BCUT2D eigenvalue weighted by Gasteiger charge is -2.17. The molecule has 0 aliphatic heterocycles. The monoisotopic (exact) mass is 444 g/mol. The number of carbonyl (C=O) groups is 3. The van der Waals surface area contributed by atoms with Gasteiger partial charge >= 0.3 is 0 Å². The lowest BCUT2D eigenvalue weighted by Crippen LogP contribution is -2.26. The second kappa shape index (κ2) is 11.5. The minimum absolute atomic E-state index is 0.0297. The molecular weight excluding hydrogens is 416 g/mol. The summed E-state index contributed by atoms with van der Waals surface area (Å²) in [5.74, 6) is -0.348. The van der Waals surface area contributed by atoms with E-state index in [1.165, 1.54) is 0 Å². The molecule has 0 fully saturated rings. The van der Waals surface area contributed by atoms with Crippen molar-refractivity contribution in [2.75, 3.05) is 34.4 Å². The Kier molecular flexibility index (Phi) is 8.18. The normalized spacial score (nSPS) is 10.2. The summed E-state index contributed by atoms with van der Waals surface area (Å²) in [4.78, 5) is 38.1. The first-order valence-electron chi connectivity index (χ1n) is 10.8. The molecule has 3 amide bonds. The molecule has 0 aromatic heterocycles. The lowest BCUT2D eigenvalue weighted by molar-refractivity contribution is -0.116. The first-order chi connectivity index (χ1) is 16.0. The predicted molar refractivity (Wildman–Crippen MR) is 133 cm³/mol. The van der Waals surface area contributed by atoms with E-state index in [4.69, 9.17) is 0 Å². The van der Waals surface area contributed by atoms with Crippen molar-refractivity contribution in [1.29, 1.82) is 0 Å². The second-order valence-corrected chi connectivity index (χ2v) is 7.55. The van der Waals surface area contributed by atoms with Gasteiger partial charge in [0.25, 0.3) is 5.91 Å². The van der Waals surface area contributed by atoms with Crippen molar-refractivity contribution in [1.82, 2.24) is 0 Å². The zero-order valence-corrected chi connectivity index (χ0v) is 18.8. The summed E-state index contributed by atoms with van der Waals surface area (Å²) in [6.07, 6.45) is 1.26. The van der Waals surface area contributed by atoms with Crippen molar-refractivity contribution in [2.24, 2.45) is 0 Å². The fourth-order valence-corrected chi connectivity index (χ4v) is 3.17. The Morgan fingerprint density at radius 3 is 1.85 bits per heavy atom. The predicted octanol–water partition coefficient (Wildman–Crippen LogP) is 4.75. The maximum Gasteiger partial charge on any atom is 0.258 e. The fraction of sp³-hybridized carbons (Fsp3) is 0.192. The van der Waals surface area contributed by atoms with Gasteiger partial charge in [0.15, 0.2) is 0 Å². The molecular formula is C26H28N4O3. The number of benzene rings is 3. The van der Waals surface area contributed by atoms with Crippen LogP contribution in [0.3, 0.4) is 0 Å². The van der Waals surface area contributed by atoms with Crippen LogP contribution in [0.2, 0.25) is 0 Å². The summed E-state index contributed by atoms with van der Waals surface area (Å²) < 4.78 is 0. The Morgan fingerprint density at radius 1 is 0.727 bits per heavy atom. The molecule has 7 heteroatoms. The Balaban J connectivity index is 1.48.